The van der Waals surface area contributed by atoms with E-state index in [-0.39, 0.29) is 0 Å². The third kappa shape index (κ3) is 2.48. The SMILES string of the molecule is C=NCCCCC1OC1C. The molecule has 0 aliphatic carbocycles. The van der Waals surface area contributed by atoms with Crippen LogP contribution in [0.4, 0.5) is 0 Å². The molecule has 0 aromatic rings. The molecule has 0 bridgehead atoms. The third-order valence-electron chi connectivity index (χ3n) is 1.89. The summed E-state index contributed by atoms with van der Waals surface area (Å²) < 4.78 is 5.25. The molecular weight excluding hydrogens is 126 g/mol. The molecule has 58 valence electrons. The van der Waals surface area contributed by atoms with Gasteiger partial charge >= 0.3 is 0 Å². The Morgan fingerprint density at radius 2 is 2.20 bits per heavy atom. The van der Waals surface area contributed by atoms with Gasteiger partial charge in [-0.2, -0.15) is 0 Å². The van der Waals surface area contributed by atoms with E-state index >= 15 is 0 Å². The number of hydrogen-bond donors (Lipinski definition) is 0. The minimum atomic E-state index is 0.525. The van der Waals surface area contributed by atoms with Crippen LogP contribution < -0.4 is 0 Å². The van der Waals surface area contributed by atoms with Gasteiger partial charge in [-0.1, -0.05) is 0 Å². The molecule has 2 heteroatoms. The van der Waals surface area contributed by atoms with Crippen molar-refractivity contribution in [2.75, 3.05) is 6.54 Å². The van der Waals surface area contributed by atoms with E-state index in [1.54, 1.807) is 0 Å². The Bertz CT molecular complexity index is 114. The zero-order valence-electron chi connectivity index (χ0n) is 6.55. The van der Waals surface area contributed by atoms with E-state index in [1.807, 2.05) is 0 Å². The normalized spacial score (nSPS) is 30.1. The summed E-state index contributed by atoms with van der Waals surface area (Å²) in [5.41, 5.74) is 0. The predicted molar refractivity (Wildman–Crippen MR) is 42.6 cm³/mol. The molecule has 0 saturated carbocycles. The molecular formula is C8H15NO. The summed E-state index contributed by atoms with van der Waals surface area (Å²) in [4.78, 5) is 3.78. The summed E-state index contributed by atoms with van der Waals surface area (Å²) in [6.07, 6.45) is 4.68. The van der Waals surface area contributed by atoms with Crippen molar-refractivity contribution in [3.8, 4) is 0 Å². The van der Waals surface area contributed by atoms with Crippen molar-refractivity contribution in [2.24, 2.45) is 4.99 Å². The number of hydrogen-bond acceptors (Lipinski definition) is 2. The van der Waals surface area contributed by atoms with Gasteiger partial charge in [-0.3, -0.25) is 0 Å². The van der Waals surface area contributed by atoms with Gasteiger partial charge in [0.15, 0.2) is 0 Å². The van der Waals surface area contributed by atoms with Gasteiger partial charge in [0, 0.05) is 6.54 Å². The Hall–Kier alpha value is -0.370. The first-order valence-electron chi connectivity index (χ1n) is 3.92. The van der Waals surface area contributed by atoms with Crippen LogP contribution in [-0.2, 0) is 4.74 Å². The topological polar surface area (TPSA) is 24.9 Å². The van der Waals surface area contributed by atoms with Gasteiger partial charge in [0.25, 0.3) is 0 Å². The van der Waals surface area contributed by atoms with Crippen LogP contribution in [0.5, 0.6) is 0 Å². The molecule has 1 aliphatic heterocycles. The zero-order chi connectivity index (χ0) is 7.40. The van der Waals surface area contributed by atoms with E-state index in [1.165, 1.54) is 12.8 Å². The Morgan fingerprint density at radius 1 is 1.50 bits per heavy atom. The lowest BCUT2D eigenvalue weighted by molar-refractivity contribution is 0.366. The van der Waals surface area contributed by atoms with Gasteiger partial charge in [0.1, 0.15) is 0 Å². The van der Waals surface area contributed by atoms with E-state index in [0.29, 0.717) is 12.2 Å². The van der Waals surface area contributed by atoms with Crippen LogP contribution in [0, 0.1) is 0 Å². The molecule has 1 aliphatic rings. The predicted octanol–water partition coefficient (Wildman–Crippen LogP) is 1.64. The fourth-order valence-electron chi connectivity index (χ4n) is 1.10. The number of aliphatic imine (C=N–C) groups is 1. The van der Waals surface area contributed by atoms with Crippen LogP contribution in [0.2, 0.25) is 0 Å². The van der Waals surface area contributed by atoms with E-state index < -0.39 is 0 Å². The molecule has 0 radical (unpaired) electrons. The van der Waals surface area contributed by atoms with Gasteiger partial charge in [0.2, 0.25) is 0 Å². The second-order valence-corrected chi connectivity index (χ2v) is 2.82. The molecule has 2 atom stereocenters. The smallest absolute Gasteiger partial charge is 0.0839 e. The van der Waals surface area contributed by atoms with Crippen LogP contribution in [0.3, 0.4) is 0 Å². The van der Waals surface area contributed by atoms with Crippen molar-refractivity contribution in [3.63, 3.8) is 0 Å². The molecule has 1 heterocycles. The standard InChI is InChI=1S/C8H15NO/c1-7-8(10-7)5-3-4-6-9-2/h7-8H,2-6H2,1H3. The molecule has 0 amide bonds. The van der Waals surface area contributed by atoms with Crippen LogP contribution in [0.25, 0.3) is 0 Å². The average molecular weight is 141 g/mol. The van der Waals surface area contributed by atoms with Gasteiger partial charge in [-0.05, 0) is 32.9 Å². The summed E-state index contributed by atoms with van der Waals surface area (Å²) in [5, 5.41) is 0. The Kier molecular flexibility index (Phi) is 2.87. The molecule has 0 spiro atoms. The fourth-order valence-corrected chi connectivity index (χ4v) is 1.10. The molecule has 0 aromatic carbocycles. The Morgan fingerprint density at radius 3 is 2.70 bits per heavy atom. The fraction of sp³-hybridized carbons (Fsp3) is 0.875. The maximum absolute atomic E-state index is 5.25. The quantitative estimate of drug-likeness (QED) is 0.324. The van der Waals surface area contributed by atoms with E-state index in [9.17, 15) is 0 Å². The van der Waals surface area contributed by atoms with Crippen LogP contribution in [0.15, 0.2) is 4.99 Å². The van der Waals surface area contributed by atoms with Gasteiger partial charge in [-0.15, -0.1) is 0 Å². The Balaban J connectivity index is 1.82. The van der Waals surface area contributed by atoms with E-state index in [2.05, 4.69) is 18.6 Å². The van der Waals surface area contributed by atoms with Crippen molar-refractivity contribution in [2.45, 2.75) is 38.4 Å². The maximum atomic E-state index is 5.25. The number of epoxide rings is 1. The summed E-state index contributed by atoms with van der Waals surface area (Å²) in [6.45, 7) is 6.45. The highest BCUT2D eigenvalue weighted by molar-refractivity contribution is 5.22. The van der Waals surface area contributed by atoms with Crippen LogP contribution in [-0.4, -0.2) is 25.5 Å². The average Bonchev–Trinajstić information content (AvgIpc) is 2.60. The summed E-state index contributed by atoms with van der Waals surface area (Å²) in [7, 11) is 0. The number of unbranched alkanes of at least 4 members (excludes halogenated alkanes) is 1. The number of ether oxygens (including phenoxy) is 1. The second kappa shape index (κ2) is 3.71. The monoisotopic (exact) mass is 141 g/mol. The van der Waals surface area contributed by atoms with Crippen LogP contribution >= 0.6 is 0 Å². The largest absolute Gasteiger partial charge is 0.370 e. The lowest BCUT2D eigenvalue weighted by Gasteiger charge is -1.92. The van der Waals surface area contributed by atoms with Crippen molar-refractivity contribution >= 4 is 6.72 Å². The summed E-state index contributed by atoms with van der Waals surface area (Å²) in [5.74, 6) is 0. The highest BCUT2D eigenvalue weighted by Gasteiger charge is 2.32. The Labute approximate surface area is 62.3 Å². The van der Waals surface area contributed by atoms with Gasteiger partial charge in [0.05, 0.1) is 12.2 Å². The van der Waals surface area contributed by atoms with Gasteiger partial charge in [-0.25, -0.2) is 0 Å². The molecule has 1 fully saturated rings. The summed E-state index contributed by atoms with van der Waals surface area (Å²) in [6, 6.07) is 0. The molecule has 1 rings (SSSR count). The maximum Gasteiger partial charge on any atom is 0.0839 e. The molecule has 1 saturated heterocycles. The third-order valence-corrected chi connectivity index (χ3v) is 1.89. The van der Waals surface area contributed by atoms with E-state index in [0.717, 1.165) is 13.0 Å². The van der Waals surface area contributed by atoms with E-state index in [4.69, 9.17) is 4.74 Å². The zero-order valence-corrected chi connectivity index (χ0v) is 6.55. The van der Waals surface area contributed by atoms with Crippen molar-refractivity contribution in [1.29, 1.82) is 0 Å². The summed E-state index contributed by atoms with van der Waals surface area (Å²) >= 11 is 0. The minimum Gasteiger partial charge on any atom is -0.370 e. The molecule has 2 nitrogen and oxygen atoms in total. The molecule has 2 unspecified atom stereocenters. The number of rotatable bonds is 5. The second-order valence-electron chi connectivity index (χ2n) is 2.82. The first-order chi connectivity index (χ1) is 4.84. The number of nitrogens with zero attached hydrogens (tertiary/aromatic N) is 1. The minimum absolute atomic E-state index is 0.525. The van der Waals surface area contributed by atoms with Crippen LogP contribution in [0.1, 0.15) is 26.2 Å². The highest BCUT2D eigenvalue weighted by atomic mass is 16.6. The van der Waals surface area contributed by atoms with Crippen molar-refractivity contribution < 1.29 is 4.74 Å². The molecule has 0 aromatic heterocycles. The molecule has 0 N–H and O–H groups in total. The highest BCUT2D eigenvalue weighted by Crippen LogP contribution is 2.25. The van der Waals surface area contributed by atoms with Crippen molar-refractivity contribution in [1.82, 2.24) is 0 Å². The first kappa shape index (κ1) is 7.73. The first-order valence-corrected chi connectivity index (χ1v) is 3.92. The lowest BCUT2D eigenvalue weighted by atomic mass is 10.1. The lowest BCUT2D eigenvalue weighted by Crippen LogP contribution is -1.90. The van der Waals surface area contributed by atoms with Crippen molar-refractivity contribution in [3.05, 3.63) is 0 Å². The molecule has 10 heavy (non-hydrogen) atoms. The van der Waals surface area contributed by atoms with Gasteiger partial charge < -0.3 is 9.73 Å².